The van der Waals surface area contributed by atoms with E-state index in [0.717, 1.165) is 5.56 Å². The number of anilines is 2. The van der Waals surface area contributed by atoms with Gasteiger partial charge in [0.15, 0.2) is 0 Å². The van der Waals surface area contributed by atoms with E-state index in [0.29, 0.717) is 40.6 Å². The Morgan fingerprint density at radius 3 is 2.46 bits per heavy atom. The molecule has 2 amide bonds. The predicted octanol–water partition coefficient (Wildman–Crippen LogP) is 5.80. The van der Waals surface area contributed by atoms with Crippen LogP contribution in [0.3, 0.4) is 0 Å². The zero-order valence-corrected chi connectivity index (χ0v) is 22.6. The summed E-state index contributed by atoms with van der Waals surface area (Å²) >= 11 is 0. The number of rotatable bonds is 8. The minimum atomic E-state index is -0.943. The molecule has 0 radical (unpaired) electrons. The molecule has 4 rings (SSSR count). The summed E-state index contributed by atoms with van der Waals surface area (Å²) < 4.78 is 11.2. The summed E-state index contributed by atoms with van der Waals surface area (Å²) in [5.41, 5.74) is 2.67. The number of methoxy groups -OCH3 is 1. The van der Waals surface area contributed by atoms with Crippen molar-refractivity contribution >= 4 is 34.7 Å². The summed E-state index contributed by atoms with van der Waals surface area (Å²) in [4.78, 5) is 40.1. The van der Waals surface area contributed by atoms with Crippen molar-refractivity contribution < 1.29 is 29.0 Å². The van der Waals surface area contributed by atoms with Crippen molar-refractivity contribution in [1.82, 2.24) is 0 Å². The highest BCUT2D eigenvalue weighted by molar-refractivity contribution is 6.51. The maximum Gasteiger partial charge on any atom is 0.300 e. The Hall–Kier alpha value is -4.59. The number of nitrogens with one attached hydrogen (secondary N) is 1. The lowest BCUT2D eigenvalue weighted by molar-refractivity contribution is -0.132. The third-order valence-corrected chi connectivity index (χ3v) is 6.50. The zero-order valence-electron chi connectivity index (χ0n) is 22.6. The molecule has 1 heterocycles. The average Bonchev–Trinajstić information content (AvgIpc) is 3.18. The predicted molar refractivity (Wildman–Crippen MR) is 150 cm³/mol. The van der Waals surface area contributed by atoms with Gasteiger partial charge in [-0.1, -0.05) is 32.0 Å². The quantitative estimate of drug-likeness (QED) is 0.217. The summed E-state index contributed by atoms with van der Waals surface area (Å²) in [5.74, 6) is -0.837. The third-order valence-electron chi connectivity index (χ3n) is 6.50. The van der Waals surface area contributed by atoms with Crippen LogP contribution in [0.25, 0.3) is 5.76 Å². The summed E-state index contributed by atoms with van der Waals surface area (Å²) in [6.45, 7) is 7.80. The van der Waals surface area contributed by atoms with Crippen LogP contribution in [0.1, 0.15) is 56.3 Å². The van der Waals surface area contributed by atoms with Gasteiger partial charge in [0.05, 0.1) is 25.3 Å². The van der Waals surface area contributed by atoms with Crippen molar-refractivity contribution in [3.05, 3.63) is 89.0 Å². The molecule has 39 heavy (non-hydrogen) atoms. The smallest absolute Gasteiger partial charge is 0.300 e. The molecule has 3 aromatic rings. The van der Waals surface area contributed by atoms with Gasteiger partial charge in [-0.15, -0.1) is 0 Å². The van der Waals surface area contributed by atoms with Crippen LogP contribution in [0.2, 0.25) is 0 Å². The van der Waals surface area contributed by atoms with Crippen molar-refractivity contribution in [1.29, 1.82) is 0 Å². The number of ketones is 1. The van der Waals surface area contributed by atoms with E-state index < -0.39 is 17.7 Å². The van der Waals surface area contributed by atoms with Gasteiger partial charge in [0.1, 0.15) is 17.3 Å². The molecule has 2 N–H and O–H groups in total. The molecule has 0 aromatic heterocycles. The number of aliphatic hydroxyl groups excluding tert-OH is 1. The highest BCUT2D eigenvalue weighted by Gasteiger charge is 2.47. The maximum absolute atomic E-state index is 13.6. The normalized spacial score (nSPS) is 16.5. The van der Waals surface area contributed by atoms with Crippen LogP contribution < -0.4 is 19.7 Å². The molecule has 0 saturated carbocycles. The number of benzene rings is 3. The van der Waals surface area contributed by atoms with Crippen LogP contribution in [0.15, 0.2) is 72.3 Å². The fourth-order valence-electron chi connectivity index (χ4n) is 4.75. The first-order valence-corrected chi connectivity index (χ1v) is 12.8. The van der Waals surface area contributed by atoms with Gasteiger partial charge in [0.25, 0.3) is 11.7 Å². The van der Waals surface area contributed by atoms with E-state index in [-0.39, 0.29) is 23.2 Å². The highest BCUT2D eigenvalue weighted by Crippen LogP contribution is 2.44. The van der Waals surface area contributed by atoms with E-state index in [4.69, 9.17) is 9.47 Å². The lowest BCUT2D eigenvalue weighted by Crippen LogP contribution is -2.29. The Morgan fingerprint density at radius 1 is 1.05 bits per heavy atom. The first-order chi connectivity index (χ1) is 18.7. The fourth-order valence-corrected chi connectivity index (χ4v) is 4.75. The second-order valence-electron chi connectivity index (χ2n) is 9.52. The van der Waals surface area contributed by atoms with Gasteiger partial charge in [0.2, 0.25) is 5.91 Å². The summed E-state index contributed by atoms with van der Waals surface area (Å²) in [5, 5.41) is 14.3. The van der Waals surface area contributed by atoms with Gasteiger partial charge in [0, 0.05) is 23.9 Å². The number of carbonyl (C=O) groups excluding carboxylic acids is 3. The second-order valence-corrected chi connectivity index (χ2v) is 9.52. The van der Waals surface area contributed by atoms with E-state index in [1.54, 1.807) is 66.7 Å². The minimum absolute atomic E-state index is 0.0444. The number of nitrogens with zero attached hydrogens (tertiary/aromatic N) is 1. The lowest BCUT2D eigenvalue weighted by Gasteiger charge is -2.26. The molecule has 1 fully saturated rings. The Morgan fingerprint density at radius 2 is 1.79 bits per heavy atom. The molecule has 3 aromatic carbocycles. The summed E-state index contributed by atoms with van der Waals surface area (Å²) in [6, 6.07) is 18.0. The molecular weight excluding hydrogens is 496 g/mol. The summed E-state index contributed by atoms with van der Waals surface area (Å²) in [7, 11) is 1.53. The largest absolute Gasteiger partial charge is 0.507 e. The maximum atomic E-state index is 13.6. The number of aliphatic hydroxyl groups is 1. The number of amides is 2. The Balaban J connectivity index is 1.93. The van der Waals surface area contributed by atoms with Crippen molar-refractivity contribution in [2.75, 3.05) is 23.9 Å². The topological polar surface area (TPSA) is 105 Å². The van der Waals surface area contributed by atoms with Crippen molar-refractivity contribution in [2.45, 2.75) is 39.7 Å². The molecule has 0 aliphatic carbocycles. The van der Waals surface area contributed by atoms with Crippen LogP contribution in [0, 0.1) is 0 Å². The molecule has 1 unspecified atom stereocenters. The van der Waals surface area contributed by atoms with Crippen LogP contribution in [-0.4, -0.2) is 36.4 Å². The van der Waals surface area contributed by atoms with Gasteiger partial charge in [-0.05, 0) is 72.5 Å². The monoisotopic (exact) mass is 528 g/mol. The van der Waals surface area contributed by atoms with E-state index in [9.17, 15) is 19.5 Å². The molecular formula is C31H32N2O6. The van der Waals surface area contributed by atoms with Crippen LogP contribution in [0.5, 0.6) is 11.5 Å². The van der Waals surface area contributed by atoms with Crippen LogP contribution in [0.4, 0.5) is 11.4 Å². The minimum Gasteiger partial charge on any atom is -0.507 e. The first-order valence-electron chi connectivity index (χ1n) is 12.8. The van der Waals surface area contributed by atoms with Gasteiger partial charge in [-0.25, -0.2) is 0 Å². The number of carbonyl (C=O) groups is 3. The van der Waals surface area contributed by atoms with E-state index in [1.165, 1.54) is 18.9 Å². The second kappa shape index (κ2) is 11.4. The molecule has 1 aliphatic heterocycles. The lowest BCUT2D eigenvalue weighted by atomic mass is 9.93. The number of hydrogen-bond donors (Lipinski definition) is 2. The van der Waals surface area contributed by atoms with E-state index in [1.807, 2.05) is 20.8 Å². The molecule has 1 saturated heterocycles. The number of ether oxygens (including phenoxy) is 2. The molecule has 1 aliphatic rings. The van der Waals surface area contributed by atoms with Gasteiger partial charge in [-0.2, -0.15) is 0 Å². The number of hydrogen-bond acceptors (Lipinski definition) is 6. The Labute approximate surface area is 227 Å². The molecule has 0 spiro atoms. The van der Waals surface area contributed by atoms with Crippen molar-refractivity contribution in [2.24, 2.45) is 0 Å². The fraction of sp³-hybridized carbons (Fsp3) is 0.258. The SMILES string of the molecule is CCOc1ccc(/C(O)=C2/C(=O)C(=O)N(c3cccc(NC(C)=O)c3)C2c2cccc(OC)c2)cc1C(C)C. The third kappa shape index (κ3) is 5.50. The molecule has 8 nitrogen and oxygen atoms in total. The summed E-state index contributed by atoms with van der Waals surface area (Å²) in [6.07, 6.45) is 0. The standard InChI is InChI=1S/C31H32N2O6/c1-6-39-26-14-13-21(16-25(26)18(2)3)29(35)27-28(20-9-7-12-24(15-20)38-5)33(31(37)30(27)36)23-11-8-10-22(17-23)32-19(4)34/h7-18,28,35H,6H2,1-5H3,(H,32,34)/b29-27-. The molecule has 8 heteroatoms. The Bertz CT molecular complexity index is 1460. The molecule has 202 valence electrons. The van der Waals surface area contributed by atoms with E-state index >= 15 is 0 Å². The first kappa shape index (κ1) is 27.4. The van der Waals surface area contributed by atoms with E-state index in [2.05, 4.69) is 5.32 Å². The Kier molecular flexibility index (Phi) is 8.04. The zero-order chi connectivity index (χ0) is 28.3. The van der Waals surface area contributed by atoms with Gasteiger partial charge < -0.3 is 19.9 Å². The van der Waals surface area contributed by atoms with Crippen LogP contribution in [-0.2, 0) is 14.4 Å². The molecule has 1 atom stereocenters. The van der Waals surface area contributed by atoms with Gasteiger partial charge >= 0.3 is 0 Å². The average molecular weight is 529 g/mol. The number of Topliss-reactive ketones (excluding diaryl/α,β-unsaturated/α-hetero) is 1. The van der Waals surface area contributed by atoms with Gasteiger partial charge in [-0.3, -0.25) is 19.3 Å². The van der Waals surface area contributed by atoms with Crippen molar-refractivity contribution in [3.63, 3.8) is 0 Å². The highest BCUT2D eigenvalue weighted by atomic mass is 16.5. The van der Waals surface area contributed by atoms with Crippen molar-refractivity contribution in [3.8, 4) is 11.5 Å². The molecule has 0 bridgehead atoms. The van der Waals surface area contributed by atoms with Crippen LogP contribution >= 0.6 is 0 Å².